The van der Waals surface area contributed by atoms with Crippen LogP contribution in [0.1, 0.15) is 26.3 Å². The predicted molar refractivity (Wildman–Crippen MR) is 148 cm³/mol. The number of pyridine rings is 3. The Morgan fingerprint density at radius 1 is 0.949 bits per heavy atom. The van der Waals surface area contributed by atoms with Gasteiger partial charge in [0.25, 0.3) is 0 Å². The minimum absolute atomic E-state index is 0.0987. The molecule has 9 nitrogen and oxygen atoms in total. The third-order valence-electron chi connectivity index (χ3n) is 6.39. The number of nitrogens with zero attached hydrogens (tertiary/aromatic N) is 5. The van der Waals surface area contributed by atoms with Crippen LogP contribution in [0.15, 0.2) is 61.2 Å². The molecule has 6 rings (SSSR count). The highest BCUT2D eigenvalue weighted by molar-refractivity contribution is 5.97. The van der Waals surface area contributed by atoms with Crippen molar-refractivity contribution >= 4 is 33.8 Å². The monoisotopic (exact) mass is 520 g/mol. The second-order valence-electron chi connectivity index (χ2n) is 10.5. The molecule has 0 aliphatic carbocycles. The lowest BCUT2D eigenvalue weighted by Gasteiger charge is -2.17. The second kappa shape index (κ2) is 9.09. The van der Waals surface area contributed by atoms with Crippen molar-refractivity contribution in [1.29, 1.82) is 0 Å². The standard InChI is InChI=1S/C29H25FN8O/c1-15-7-16(9-19(30)8-15)21-5-6-32-26-23(21)35-27(36-26)24-22-11-18(13-33-25(22)38-37-24)17-10-20(14-31-12-17)34-28(39)29(2,3)4/h5-14H,1-4H3,(H,34,39)(H,32,35,36)(H,33,37,38). The summed E-state index contributed by atoms with van der Waals surface area (Å²) < 4.78 is 14.1. The first-order chi connectivity index (χ1) is 18.7. The number of carbonyl (C=O) groups is 1. The highest BCUT2D eigenvalue weighted by Crippen LogP contribution is 2.32. The summed E-state index contributed by atoms with van der Waals surface area (Å²) in [6.45, 7) is 7.42. The highest BCUT2D eigenvalue weighted by atomic mass is 19.1. The minimum Gasteiger partial charge on any atom is -0.324 e. The molecule has 0 saturated heterocycles. The number of hydrogen-bond acceptors (Lipinski definition) is 6. The van der Waals surface area contributed by atoms with Gasteiger partial charge in [0.05, 0.1) is 17.3 Å². The van der Waals surface area contributed by atoms with Crippen LogP contribution in [0.3, 0.4) is 0 Å². The molecule has 0 aliphatic rings. The number of anilines is 1. The summed E-state index contributed by atoms with van der Waals surface area (Å²) in [5, 5.41) is 11.1. The fourth-order valence-corrected chi connectivity index (χ4v) is 4.37. The van der Waals surface area contributed by atoms with E-state index in [1.54, 1.807) is 24.8 Å². The first kappa shape index (κ1) is 24.4. The zero-order valence-corrected chi connectivity index (χ0v) is 21.8. The molecule has 0 aliphatic heterocycles. The Kier molecular flexibility index (Phi) is 5.67. The van der Waals surface area contributed by atoms with Crippen LogP contribution in [0.25, 0.3) is 56.0 Å². The Balaban J connectivity index is 1.41. The Morgan fingerprint density at radius 2 is 1.77 bits per heavy atom. The van der Waals surface area contributed by atoms with Gasteiger partial charge in [-0.05, 0) is 48.4 Å². The van der Waals surface area contributed by atoms with Crippen molar-refractivity contribution in [3.05, 3.63) is 72.6 Å². The zero-order chi connectivity index (χ0) is 27.3. The molecule has 0 radical (unpaired) electrons. The average molecular weight is 521 g/mol. The molecule has 1 amide bonds. The summed E-state index contributed by atoms with van der Waals surface area (Å²) in [5.74, 6) is 0.102. The molecular formula is C29H25FN8O. The molecule has 5 heterocycles. The summed E-state index contributed by atoms with van der Waals surface area (Å²) in [6.07, 6.45) is 6.72. The van der Waals surface area contributed by atoms with Crippen LogP contribution in [-0.2, 0) is 4.79 Å². The number of aryl methyl sites for hydroxylation is 1. The number of benzene rings is 1. The van der Waals surface area contributed by atoms with Gasteiger partial charge in [0, 0.05) is 40.7 Å². The van der Waals surface area contributed by atoms with Gasteiger partial charge < -0.3 is 10.3 Å². The smallest absolute Gasteiger partial charge is 0.229 e. The van der Waals surface area contributed by atoms with E-state index in [0.29, 0.717) is 34.0 Å². The molecule has 0 bridgehead atoms. The molecule has 39 heavy (non-hydrogen) atoms. The van der Waals surface area contributed by atoms with Crippen molar-refractivity contribution in [1.82, 2.24) is 35.1 Å². The van der Waals surface area contributed by atoms with E-state index in [9.17, 15) is 9.18 Å². The Bertz CT molecular complexity index is 1860. The van der Waals surface area contributed by atoms with Gasteiger partial charge in [-0.2, -0.15) is 5.10 Å². The predicted octanol–water partition coefficient (Wildman–Crippen LogP) is 6.06. The number of rotatable bonds is 4. The number of aromatic nitrogens is 7. The number of aromatic amines is 2. The van der Waals surface area contributed by atoms with Gasteiger partial charge >= 0.3 is 0 Å². The summed E-state index contributed by atoms with van der Waals surface area (Å²) >= 11 is 0. The third kappa shape index (κ3) is 4.61. The lowest BCUT2D eigenvalue weighted by atomic mass is 9.95. The van der Waals surface area contributed by atoms with E-state index in [4.69, 9.17) is 4.98 Å². The largest absolute Gasteiger partial charge is 0.324 e. The maximum atomic E-state index is 14.1. The van der Waals surface area contributed by atoms with Gasteiger partial charge in [-0.1, -0.05) is 26.8 Å². The Labute approximate surface area is 223 Å². The molecule has 6 aromatic rings. The van der Waals surface area contributed by atoms with Crippen molar-refractivity contribution in [3.63, 3.8) is 0 Å². The number of carbonyl (C=O) groups excluding carboxylic acids is 1. The molecule has 10 heteroatoms. The molecule has 194 valence electrons. The SMILES string of the molecule is Cc1cc(F)cc(-c2ccnc3[nH]c(-c4n[nH]c5ncc(-c6cncc(NC(=O)C(C)(C)C)c6)cc45)nc23)c1. The fraction of sp³-hybridized carbons (Fsp3) is 0.172. The molecule has 0 fully saturated rings. The lowest BCUT2D eigenvalue weighted by Crippen LogP contribution is -2.27. The van der Waals surface area contributed by atoms with E-state index in [2.05, 4.69) is 35.5 Å². The molecule has 3 N–H and O–H groups in total. The number of nitrogens with one attached hydrogen (secondary N) is 3. The average Bonchev–Trinajstić information content (AvgIpc) is 3.51. The van der Waals surface area contributed by atoms with E-state index < -0.39 is 5.41 Å². The lowest BCUT2D eigenvalue weighted by molar-refractivity contribution is -0.123. The Hall–Kier alpha value is -4.99. The number of imidazole rings is 1. The van der Waals surface area contributed by atoms with Crippen LogP contribution in [0.4, 0.5) is 10.1 Å². The van der Waals surface area contributed by atoms with Gasteiger partial charge in [-0.25, -0.2) is 19.3 Å². The third-order valence-corrected chi connectivity index (χ3v) is 6.39. The van der Waals surface area contributed by atoms with Crippen LogP contribution in [-0.4, -0.2) is 41.0 Å². The van der Waals surface area contributed by atoms with Crippen LogP contribution >= 0.6 is 0 Å². The Morgan fingerprint density at radius 3 is 2.56 bits per heavy atom. The fourth-order valence-electron chi connectivity index (χ4n) is 4.37. The van der Waals surface area contributed by atoms with Gasteiger partial charge in [-0.15, -0.1) is 0 Å². The van der Waals surface area contributed by atoms with Gasteiger partial charge in [0.15, 0.2) is 17.1 Å². The zero-order valence-electron chi connectivity index (χ0n) is 21.8. The summed E-state index contributed by atoms with van der Waals surface area (Å²) in [6, 6.07) is 10.5. The number of H-pyrrole nitrogens is 2. The minimum atomic E-state index is -0.531. The van der Waals surface area contributed by atoms with Crippen molar-refractivity contribution in [2.45, 2.75) is 27.7 Å². The molecule has 0 spiro atoms. The molecule has 1 aromatic carbocycles. The highest BCUT2D eigenvalue weighted by Gasteiger charge is 2.22. The van der Waals surface area contributed by atoms with Crippen LogP contribution in [0.2, 0.25) is 0 Å². The molecular weight excluding hydrogens is 495 g/mol. The van der Waals surface area contributed by atoms with Crippen molar-refractivity contribution in [2.24, 2.45) is 5.41 Å². The summed E-state index contributed by atoms with van der Waals surface area (Å²) in [4.78, 5) is 33.8. The van der Waals surface area contributed by atoms with Crippen molar-refractivity contribution in [2.75, 3.05) is 5.32 Å². The van der Waals surface area contributed by atoms with Gasteiger partial charge in [0.2, 0.25) is 5.91 Å². The first-order valence-corrected chi connectivity index (χ1v) is 12.4. The van der Waals surface area contributed by atoms with Gasteiger partial charge in [-0.3, -0.25) is 14.9 Å². The quantitative estimate of drug-likeness (QED) is 0.260. The number of halogens is 1. The van der Waals surface area contributed by atoms with E-state index in [1.165, 1.54) is 12.1 Å². The second-order valence-corrected chi connectivity index (χ2v) is 10.5. The topological polar surface area (TPSA) is 125 Å². The van der Waals surface area contributed by atoms with Crippen molar-refractivity contribution in [3.8, 4) is 33.8 Å². The van der Waals surface area contributed by atoms with E-state index in [1.807, 2.05) is 52.0 Å². The first-order valence-electron chi connectivity index (χ1n) is 12.4. The number of fused-ring (bicyclic) bond motifs is 2. The normalized spacial score (nSPS) is 11.8. The summed E-state index contributed by atoms with van der Waals surface area (Å²) in [5.41, 5.74) is 6.31. The van der Waals surface area contributed by atoms with E-state index in [0.717, 1.165) is 33.2 Å². The molecule has 5 aromatic heterocycles. The van der Waals surface area contributed by atoms with Crippen LogP contribution in [0.5, 0.6) is 0 Å². The van der Waals surface area contributed by atoms with Crippen LogP contribution in [0, 0.1) is 18.2 Å². The maximum absolute atomic E-state index is 14.1. The van der Waals surface area contributed by atoms with Crippen LogP contribution < -0.4 is 5.32 Å². The van der Waals surface area contributed by atoms with Crippen molar-refractivity contribution < 1.29 is 9.18 Å². The van der Waals surface area contributed by atoms with E-state index in [-0.39, 0.29) is 11.7 Å². The van der Waals surface area contributed by atoms with Gasteiger partial charge in [0.1, 0.15) is 17.0 Å². The van der Waals surface area contributed by atoms with E-state index >= 15 is 0 Å². The molecule has 0 unspecified atom stereocenters. The maximum Gasteiger partial charge on any atom is 0.229 e. The number of amides is 1. The number of hydrogen-bond donors (Lipinski definition) is 3. The summed E-state index contributed by atoms with van der Waals surface area (Å²) in [7, 11) is 0. The molecule has 0 saturated carbocycles. The molecule has 0 atom stereocenters.